The van der Waals surface area contributed by atoms with Gasteiger partial charge in [-0.15, -0.1) is 0 Å². The van der Waals surface area contributed by atoms with Crippen LogP contribution in [0.5, 0.6) is 11.5 Å². The minimum atomic E-state index is -0.267. The van der Waals surface area contributed by atoms with Crippen molar-refractivity contribution in [2.75, 3.05) is 12.1 Å². The molecule has 34 heavy (non-hydrogen) atoms. The summed E-state index contributed by atoms with van der Waals surface area (Å²) in [5, 5.41) is 3.27. The number of nitrogens with zero attached hydrogens (tertiary/aromatic N) is 3. The quantitative estimate of drug-likeness (QED) is 0.422. The molecular formula is C24H22N4O4S2. The number of thiocarbonyl (C=S) groups is 1. The maximum absolute atomic E-state index is 13.5. The maximum atomic E-state index is 13.5. The lowest BCUT2D eigenvalue weighted by atomic mass is 10.2. The van der Waals surface area contributed by atoms with Crippen LogP contribution in [0.3, 0.4) is 0 Å². The zero-order valence-electron chi connectivity index (χ0n) is 18.8. The number of aromatic nitrogens is 2. The van der Waals surface area contributed by atoms with Crippen molar-refractivity contribution in [3.05, 3.63) is 68.5 Å². The molecule has 1 aromatic carbocycles. The third-order valence-corrected chi connectivity index (χ3v) is 6.85. The van der Waals surface area contributed by atoms with E-state index in [1.165, 1.54) is 16.2 Å². The van der Waals surface area contributed by atoms with Gasteiger partial charge in [0.15, 0.2) is 11.5 Å². The summed E-state index contributed by atoms with van der Waals surface area (Å²) in [6, 6.07) is 9.29. The van der Waals surface area contributed by atoms with Crippen LogP contribution < -0.4 is 20.3 Å². The molecule has 0 spiro atoms. The van der Waals surface area contributed by atoms with Gasteiger partial charge in [0.2, 0.25) is 6.79 Å². The molecule has 0 saturated carbocycles. The first-order valence-electron chi connectivity index (χ1n) is 10.7. The van der Waals surface area contributed by atoms with Gasteiger partial charge in [0, 0.05) is 18.8 Å². The lowest BCUT2D eigenvalue weighted by Gasteiger charge is -2.18. The van der Waals surface area contributed by atoms with Crippen molar-refractivity contribution in [1.82, 2.24) is 14.3 Å². The van der Waals surface area contributed by atoms with Gasteiger partial charge in [-0.1, -0.05) is 36.1 Å². The fraction of sp³-hybridized carbons (Fsp3) is 0.250. The Hall–Kier alpha value is -3.37. The second-order valence-electron chi connectivity index (χ2n) is 8.30. The molecule has 3 aromatic rings. The Morgan fingerprint density at radius 3 is 2.76 bits per heavy atom. The zero-order valence-corrected chi connectivity index (χ0v) is 20.5. The van der Waals surface area contributed by atoms with E-state index < -0.39 is 0 Å². The maximum Gasteiger partial charge on any atom is 0.267 e. The Morgan fingerprint density at radius 1 is 1.21 bits per heavy atom. The lowest BCUT2D eigenvalue weighted by molar-refractivity contribution is -0.123. The van der Waals surface area contributed by atoms with Gasteiger partial charge in [0.05, 0.1) is 10.5 Å². The molecular weight excluding hydrogens is 472 g/mol. The standard InChI is InChI=1S/C24H22N4O4S2/c1-13(2)28-23(30)19(34-24(28)33)9-16-21(26-20-7-4-14(3)11-27(20)22(16)29)25-10-15-5-6-17-18(8-15)32-12-31-17/h4-9,11,13,25H,10,12H2,1-3H3. The molecule has 0 atom stereocenters. The summed E-state index contributed by atoms with van der Waals surface area (Å²) < 4.78 is 12.8. The minimum absolute atomic E-state index is 0.0690. The predicted octanol–water partition coefficient (Wildman–Crippen LogP) is 3.95. The largest absolute Gasteiger partial charge is 0.454 e. The van der Waals surface area contributed by atoms with E-state index in [-0.39, 0.29) is 24.3 Å². The van der Waals surface area contributed by atoms with Gasteiger partial charge < -0.3 is 14.8 Å². The number of pyridine rings is 1. The highest BCUT2D eigenvalue weighted by atomic mass is 32.2. The monoisotopic (exact) mass is 494 g/mol. The third-order valence-electron chi connectivity index (χ3n) is 5.52. The number of fused-ring (bicyclic) bond motifs is 2. The van der Waals surface area contributed by atoms with Gasteiger partial charge >= 0.3 is 0 Å². The molecule has 1 fully saturated rings. The fourth-order valence-corrected chi connectivity index (χ4v) is 5.32. The Morgan fingerprint density at radius 2 is 2.00 bits per heavy atom. The number of anilines is 1. The van der Waals surface area contributed by atoms with Crippen LogP contribution in [0.25, 0.3) is 11.7 Å². The van der Waals surface area contributed by atoms with E-state index in [9.17, 15) is 9.59 Å². The van der Waals surface area contributed by atoms with Crippen LogP contribution in [-0.2, 0) is 11.3 Å². The Labute approximate surface area is 205 Å². The number of nitrogens with one attached hydrogen (secondary N) is 1. The molecule has 8 nitrogen and oxygen atoms in total. The summed E-state index contributed by atoms with van der Waals surface area (Å²) in [5.74, 6) is 1.56. The van der Waals surface area contributed by atoms with Crippen LogP contribution in [0.2, 0.25) is 0 Å². The fourth-order valence-electron chi connectivity index (χ4n) is 3.82. The average Bonchev–Trinajstić information content (AvgIpc) is 3.38. The van der Waals surface area contributed by atoms with Crippen molar-refractivity contribution < 1.29 is 14.3 Å². The molecule has 2 aromatic heterocycles. The van der Waals surface area contributed by atoms with Crippen molar-refractivity contribution in [3.63, 3.8) is 0 Å². The summed E-state index contributed by atoms with van der Waals surface area (Å²) in [6.07, 6.45) is 3.33. The van der Waals surface area contributed by atoms with E-state index in [1.54, 1.807) is 23.2 Å². The second kappa shape index (κ2) is 8.77. The first kappa shape index (κ1) is 22.4. The number of thioether (sulfide) groups is 1. The summed E-state index contributed by atoms with van der Waals surface area (Å²) in [6.45, 7) is 6.32. The average molecular weight is 495 g/mol. The van der Waals surface area contributed by atoms with Crippen molar-refractivity contribution in [2.45, 2.75) is 33.4 Å². The highest BCUT2D eigenvalue weighted by Crippen LogP contribution is 2.35. The van der Waals surface area contributed by atoms with Gasteiger partial charge in [-0.2, -0.15) is 0 Å². The number of ether oxygens (including phenoxy) is 2. The molecule has 4 heterocycles. The molecule has 0 aliphatic carbocycles. The van der Waals surface area contributed by atoms with Gasteiger partial charge in [0.25, 0.3) is 11.5 Å². The Kier molecular flexibility index (Phi) is 5.78. The molecule has 10 heteroatoms. The molecule has 2 aliphatic heterocycles. The van der Waals surface area contributed by atoms with Gasteiger partial charge in [-0.05, 0) is 56.2 Å². The van der Waals surface area contributed by atoms with Gasteiger partial charge in [0.1, 0.15) is 15.8 Å². The molecule has 1 saturated heterocycles. The van der Waals surface area contributed by atoms with Crippen molar-refractivity contribution in [1.29, 1.82) is 0 Å². The molecule has 174 valence electrons. The van der Waals surface area contributed by atoms with Crippen molar-refractivity contribution >= 4 is 51.7 Å². The molecule has 0 bridgehead atoms. The van der Waals surface area contributed by atoms with Gasteiger partial charge in [-0.3, -0.25) is 18.9 Å². The van der Waals surface area contributed by atoms with E-state index in [0.717, 1.165) is 11.1 Å². The molecule has 5 rings (SSSR count). The van der Waals surface area contributed by atoms with E-state index in [0.29, 0.717) is 44.3 Å². The number of aryl methyl sites for hydroxylation is 1. The Bertz CT molecular complexity index is 1430. The van der Waals surface area contributed by atoms with E-state index in [1.807, 2.05) is 45.0 Å². The van der Waals surface area contributed by atoms with E-state index >= 15 is 0 Å². The number of hydrogen-bond donors (Lipinski definition) is 1. The predicted molar refractivity (Wildman–Crippen MR) is 136 cm³/mol. The van der Waals surface area contributed by atoms with E-state index in [4.69, 9.17) is 21.7 Å². The third kappa shape index (κ3) is 4.03. The molecule has 0 radical (unpaired) electrons. The van der Waals surface area contributed by atoms with Crippen LogP contribution in [-0.4, -0.2) is 37.3 Å². The van der Waals surface area contributed by atoms with Crippen LogP contribution in [0.15, 0.2) is 46.2 Å². The van der Waals surface area contributed by atoms with Crippen molar-refractivity contribution in [2.24, 2.45) is 0 Å². The van der Waals surface area contributed by atoms with Gasteiger partial charge in [-0.25, -0.2) is 4.98 Å². The highest BCUT2D eigenvalue weighted by Gasteiger charge is 2.34. The van der Waals surface area contributed by atoms with Crippen LogP contribution >= 0.6 is 24.0 Å². The van der Waals surface area contributed by atoms with E-state index in [2.05, 4.69) is 10.3 Å². The van der Waals surface area contributed by atoms with Crippen LogP contribution in [0, 0.1) is 6.92 Å². The SMILES string of the molecule is Cc1ccc2nc(NCc3ccc4c(c3)OCO4)c(C=C3SC(=S)N(C(C)C)C3=O)c(=O)n2c1. The number of rotatable bonds is 5. The lowest BCUT2D eigenvalue weighted by Crippen LogP contribution is -2.34. The smallest absolute Gasteiger partial charge is 0.267 e. The summed E-state index contributed by atoms with van der Waals surface area (Å²) >= 11 is 6.59. The molecule has 1 N–H and O–H groups in total. The number of carbonyl (C=O) groups excluding carboxylic acids is 1. The zero-order chi connectivity index (χ0) is 24.0. The first-order valence-corrected chi connectivity index (χ1v) is 12.0. The number of hydrogen-bond acceptors (Lipinski definition) is 8. The summed E-state index contributed by atoms with van der Waals surface area (Å²) in [4.78, 5) is 33.1. The number of amides is 1. The normalized spacial score (nSPS) is 16.4. The molecule has 1 amide bonds. The summed E-state index contributed by atoms with van der Waals surface area (Å²) in [7, 11) is 0. The van der Waals surface area contributed by atoms with Crippen molar-refractivity contribution in [3.8, 4) is 11.5 Å². The second-order valence-corrected chi connectivity index (χ2v) is 9.98. The topological polar surface area (TPSA) is 85.2 Å². The van der Waals surface area contributed by atoms with Crippen LogP contribution in [0.4, 0.5) is 5.82 Å². The molecule has 2 aliphatic rings. The number of benzene rings is 1. The number of carbonyl (C=O) groups is 1. The molecule has 0 unspecified atom stereocenters. The van der Waals surface area contributed by atoms with Crippen LogP contribution in [0.1, 0.15) is 30.5 Å². The highest BCUT2D eigenvalue weighted by molar-refractivity contribution is 8.26. The minimum Gasteiger partial charge on any atom is -0.454 e. The Balaban J connectivity index is 1.56. The first-order chi connectivity index (χ1) is 16.3. The summed E-state index contributed by atoms with van der Waals surface area (Å²) in [5.41, 5.74) is 2.40.